The molecule has 0 aliphatic heterocycles. The number of hydrogen-bond acceptors (Lipinski definition) is 2. The molecule has 19 heavy (non-hydrogen) atoms. The Kier molecular flexibility index (Phi) is 4.56. The molecule has 2 aromatic carbocycles. The highest BCUT2D eigenvalue weighted by Gasteiger charge is 2.11. The molecule has 0 fully saturated rings. The van der Waals surface area contributed by atoms with Crippen molar-refractivity contribution in [2.24, 2.45) is 0 Å². The molecule has 0 aliphatic rings. The lowest BCUT2D eigenvalue weighted by atomic mass is 10.1. The molecule has 2 aromatic rings. The molecule has 98 valence electrons. The van der Waals surface area contributed by atoms with E-state index in [0.29, 0.717) is 5.02 Å². The van der Waals surface area contributed by atoms with Gasteiger partial charge in [0.1, 0.15) is 0 Å². The van der Waals surface area contributed by atoms with E-state index in [1.165, 1.54) is 17.8 Å². The zero-order chi connectivity index (χ0) is 13.8. The predicted octanol–water partition coefficient (Wildman–Crippen LogP) is 4.59. The summed E-state index contributed by atoms with van der Waals surface area (Å²) in [5.74, 6) is -2.14. The molecular weight excluding hydrogens is 290 g/mol. The van der Waals surface area contributed by atoms with Crippen LogP contribution < -0.4 is 0 Å². The molecular formula is C14H9ClF2OS. The fourth-order valence-corrected chi connectivity index (χ4v) is 2.59. The van der Waals surface area contributed by atoms with Crippen molar-refractivity contribution in [1.82, 2.24) is 0 Å². The SMILES string of the molecule is O=C(CSc1ccccc1Cl)c1ccc(F)c(F)c1. The molecule has 0 spiro atoms. The topological polar surface area (TPSA) is 17.1 Å². The maximum absolute atomic E-state index is 13.0. The van der Waals surface area contributed by atoms with Gasteiger partial charge in [0.15, 0.2) is 17.4 Å². The molecule has 0 heterocycles. The molecule has 0 radical (unpaired) electrons. The van der Waals surface area contributed by atoms with Gasteiger partial charge in [-0.05, 0) is 30.3 Å². The van der Waals surface area contributed by atoms with Crippen molar-refractivity contribution in [3.05, 3.63) is 64.7 Å². The van der Waals surface area contributed by atoms with Gasteiger partial charge in [0, 0.05) is 10.5 Å². The van der Waals surface area contributed by atoms with Crippen LogP contribution in [0, 0.1) is 11.6 Å². The highest BCUT2D eigenvalue weighted by molar-refractivity contribution is 8.00. The second-order valence-electron chi connectivity index (χ2n) is 3.77. The summed E-state index contributed by atoms with van der Waals surface area (Å²) in [5.41, 5.74) is 0.151. The first-order valence-electron chi connectivity index (χ1n) is 5.43. The van der Waals surface area contributed by atoms with E-state index in [0.717, 1.165) is 17.0 Å². The van der Waals surface area contributed by atoms with Crippen molar-refractivity contribution < 1.29 is 13.6 Å². The van der Waals surface area contributed by atoms with Crippen LogP contribution >= 0.6 is 23.4 Å². The van der Waals surface area contributed by atoms with E-state index in [1.54, 1.807) is 18.2 Å². The number of ketones is 1. The van der Waals surface area contributed by atoms with Crippen LogP contribution in [0.4, 0.5) is 8.78 Å². The minimum absolute atomic E-state index is 0.120. The highest BCUT2D eigenvalue weighted by Crippen LogP contribution is 2.27. The molecule has 0 amide bonds. The average molecular weight is 299 g/mol. The van der Waals surface area contributed by atoms with Crippen molar-refractivity contribution in [1.29, 1.82) is 0 Å². The number of carbonyl (C=O) groups excluding carboxylic acids is 1. The van der Waals surface area contributed by atoms with E-state index in [4.69, 9.17) is 11.6 Å². The molecule has 0 saturated carbocycles. The standard InChI is InChI=1S/C14H9ClF2OS/c15-10-3-1-2-4-14(10)19-8-13(18)9-5-6-11(16)12(17)7-9/h1-7H,8H2. The first kappa shape index (κ1) is 14.0. The molecule has 2 rings (SSSR count). The largest absolute Gasteiger partial charge is 0.293 e. The van der Waals surface area contributed by atoms with Crippen LogP contribution in [-0.2, 0) is 0 Å². The van der Waals surface area contributed by atoms with Gasteiger partial charge in [-0.25, -0.2) is 8.78 Å². The van der Waals surface area contributed by atoms with Crippen LogP contribution in [0.3, 0.4) is 0 Å². The van der Waals surface area contributed by atoms with Gasteiger partial charge in [0.25, 0.3) is 0 Å². The van der Waals surface area contributed by atoms with Crippen LogP contribution in [0.25, 0.3) is 0 Å². The Balaban J connectivity index is 2.05. The lowest BCUT2D eigenvalue weighted by molar-refractivity contribution is 0.102. The van der Waals surface area contributed by atoms with Gasteiger partial charge in [-0.15, -0.1) is 11.8 Å². The summed E-state index contributed by atoms with van der Waals surface area (Å²) in [6.45, 7) is 0. The molecule has 0 aromatic heterocycles. The summed E-state index contributed by atoms with van der Waals surface area (Å²) in [4.78, 5) is 12.6. The zero-order valence-electron chi connectivity index (χ0n) is 9.70. The van der Waals surface area contributed by atoms with Gasteiger partial charge in [0.05, 0.1) is 10.8 Å². The number of benzene rings is 2. The van der Waals surface area contributed by atoms with E-state index in [-0.39, 0.29) is 17.1 Å². The van der Waals surface area contributed by atoms with Crippen molar-refractivity contribution in [2.45, 2.75) is 4.90 Å². The maximum Gasteiger partial charge on any atom is 0.173 e. The molecule has 0 saturated heterocycles. The van der Waals surface area contributed by atoms with Crippen LogP contribution in [-0.4, -0.2) is 11.5 Å². The average Bonchev–Trinajstić information content (AvgIpc) is 2.40. The number of halogens is 3. The smallest absolute Gasteiger partial charge is 0.173 e. The van der Waals surface area contributed by atoms with Crippen molar-refractivity contribution >= 4 is 29.1 Å². The van der Waals surface area contributed by atoms with Gasteiger partial charge in [-0.3, -0.25) is 4.79 Å². The molecule has 0 bridgehead atoms. The summed E-state index contributed by atoms with van der Waals surface area (Å²) in [7, 11) is 0. The second kappa shape index (κ2) is 6.17. The van der Waals surface area contributed by atoms with E-state index < -0.39 is 11.6 Å². The molecule has 0 unspecified atom stereocenters. The van der Waals surface area contributed by atoms with Gasteiger partial charge in [-0.2, -0.15) is 0 Å². The molecule has 0 aliphatic carbocycles. The third-order valence-corrected chi connectivity index (χ3v) is 3.95. The maximum atomic E-state index is 13.0. The Morgan fingerprint density at radius 2 is 1.84 bits per heavy atom. The highest BCUT2D eigenvalue weighted by atomic mass is 35.5. The second-order valence-corrected chi connectivity index (χ2v) is 5.20. The van der Waals surface area contributed by atoms with Crippen LogP contribution in [0.2, 0.25) is 5.02 Å². The van der Waals surface area contributed by atoms with E-state index in [2.05, 4.69) is 0 Å². The Labute approximate surface area is 118 Å². The third kappa shape index (κ3) is 3.55. The van der Waals surface area contributed by atoms with Gasteiger partial charge >= 0.3 is 0 Å². The number of Topliss-reactive ketones (excluding diaryl/α,β-unsaturated/α-hetero) is 1. The van der Waals surface area contributed by atoms with E-state index in [1.807, 2.05) is 6.07 Å². The first-order valence-corrected chi connectivity index (χ1v) is 6.80. The fourth-order valence-electron chi connectivity index (χ4n) is 1.46. The van der Waals surface area contributed by atoms with Gasteiger partial charge in [0.2, 0.25) is 0 Å². The van der Waals surface area contributed by atoms with Gasteiger partial charge in [-0.1, -0.05) is 23.7 Å². The number of thioether (sulfide) groups is 1. The van der Waals surface area contributed by atoms with Gasteiger partial charge < -0.3 is 0 Å². The first-order chi connectivity index (χ1) is 9.08. The number of carbonyl (C=O) groups is 1. The lowest BCUT2D eigenvalue weighted by Gasteiger charge is -2.04. The van der Waals surface area contributed by atoms with Crippen LogP contribution in [0.1, 0.15) is 10.4 Å². The lowest BCUT2D eigenvalue weighted by Crippen LogP contribution is -2.03. The van der Waals surface area contributed by atoms with Crippen LogP contribution in [0.5, 0.6) is 0 Å². The minimum atomic E-state index is -1.02. The van der Waals surface area contributed by atoms with Crippen molar-refractivity contribution in [3.63, 3.8) is 0 Å². The summed E-state index contributed by atoms with van der Waals surface area (Å²) in [6.07, 6.45) is 0. The molecule has 1 nitrogen and oxygen atoms in total. The van der Waals surface area contributed by atoms with E-state index in [9.17, 15) is 13.6 Å². The fraction of sp³-hybridized carbons (Fsp3) is 0.0714. The Hall–Kier alpha value is -1.39. The minimum Gasteiger partial charge on any atom is -0.293 e. The third-order valence-electron chi connectivity index (χ3n) is 2.44. The monoisotopic (exact) mass is 298 g/mol. The summed E-state index contributed by atoms with van der Waals surface area (Å²) in [6, 6.07) is 10.3. The van der Waals surface area contributed by atoms with E-state index >= 15 is 0 Å². The molecule has 0 atom stereocenters. The number of rotatable bonds is 4. The Morgan fingerprint density at radius 3 is 2.53 bits per heavy atom. The molecule has 0 N–H and O–H groups in total. The summed E-state index contributed by atoms with van der Waals surface area (Å²) in [5, 5.41) is 0.561. The quantitative estimate of drug-likeness (QED) is 0.606. The Bertz CT molecular complexity index is 616. The number of hydrogen-bond donors (Lipinski definition) is 0. The molecule has 5 heteroatoms. The van der Waals surface area contributed by atoms with Crippen molar-refractivity contribution in [3.8, 4) is 0 Å². The predicted molar refractivity (Wildman–Crippen MR) is 72.9 cm³/mol. The summed E-state index contributed by atoms with van der Waals surface area (Å²) >= 11 is 7.22. The normalized spacial score (nSPS) is 10.5. The van der Waals surface area contributed by atoms with Crippen LogP contribution in [0.15, 0.2) is 47.4 Å². The summed E-state index contributed by atoms with van der Waals surface area (Å²) < 4.78 is 25.8. The zero-order valence-corrected chi connectivity index (χ0v) is 11.3. The Morgan fingerprint density at radius 1 is 1.11 bits per heavy atom. The van der Waals surface area contributed by atoms with Crippen molar-refractivity contribution in [2.75, 3.05) is 5.75 Å².